The zero-order chi connectivity index (χ0) is 13.6. The van der Waals surface area contributed by atoms with Gasteiger partial charge in [0, 0.05) is 11.3 Å². The van der Waals surface area contributed by atoms with Gasteiger partial charge < -0.3 is 10.1 Å². The highest BCUT2D eigenvalue weighted by Gasteiger charge is 2.54. The Hall–Kier alpha value is -2.10. The molecule has 19 heavy (non-hydrogen) atoms. The molecule has 1 saturated carbocycles. The lowest BCUT2D eigenvalue weighted by atomic mass is 10.1. The highest BCUT2D eigenvalue weighted by atomic mass is 16.4. The number of H-pyrrole nitrogens is 1. The molecule has 0 saturated heterocycles. The minimum Gasteiger partial charge on any atom is -0.480 e. The van der Waals surface area contributed by atoms with Gasteiger partial charge in [-0.15, -0.1) is 0 Å². The van der Waals surface area contributed by atoms with Gasteiger partial charge in [0.1, 0.15) is 11.2 Å². The number of hydrogen-bond acceptors (Lipinski definition) is 2. The highest BCUT2D eigenvalue weighted by Crippen LogP contribution is 2.47. The van der Waals surface area contributed by atoms with Crippen molar-refractivity contribution < 1.29 is 9.90 Å². The van der Waals surface area contributed by atoms with Gasteiger partial charge in [-0.05, 0) is 26.7 Å². The maximum Gasteiger partial charge on any atom is 0.317 e. The van der Waals surface area contributed by atoms with E-state index in [-0.39, 0.29) is 0 Å². The third-order valence-electron chi connectivity index (χ3n) is 3.82. The van der Waals surface area contributed by atoms with Crippen LogP contribution in [0.5, 0.6) is 0 Å². The summed E-state index contributed by atoms with van der Waals surface area (Å²) in [6.45, 7) is 3.97. The first kappa shape index (κ1) is 12.0. The molecule has 0 bridgehead atoms. The Morgan fingerprint density at radius 2 is 1.89 bits per heavy atom. The van der Waals surface area contributed by atoms with Crippen LogP contribution in [0.15, 0.2) is 24.3 Å². The average Bonchev–Trinajstić information content (AvgIpc) is 3.10. The Morgan fingerprint density at radius 3 is 2.42 bits per heavy atom. The molecule has 98 valence electrons. The first-order valence-corrected chi connectivity index (χ1v) is 6.40. The molecule has 0 aliphatic heterocycles. The summed E-state index contributed by atoms with van der Waals surface area (Å²) in [6.07, 6.45) is 1.34. The quantitative estimate of drug-likeness (QED) is 0.887. The van der Waals surface area contributed by atoms with Gasteiger partial charge in [0.05, 0.1) is 5.69 Å². The van der Waals surface area contributed by atoms with Crippen LogP contribution in [0.2, 0.25) is 0 Å². The van der Waals surface area contributed by atoms with Crippen LogP contribution in [-0.2, 0) is 10.2 Å². The highest BCUT2D eigenvalue weighted by molar-refractivity contribution is 5.84. The number of aryl methyl sites for hydroxylation is 2. The van der Waals surface area contributed by atoms with Gasteiger partial charge in [0.15, 0.2) is 0 Å². The molecule has 0 unspecified atom stereocenters. The number of aromatic amines is 1. The number of carboxylic acid groups (broad SMARTS) is 1. The molecule has 0 amide bonds. The second kappa shape index (κ2) is 3.95. The standard InChI is InChI=1S/C15H16N2O2/c1-9-3-5-11(6-4-9)12-10(2)16-13(17-12)15(7-8-15)14(18)19/h3-6H,7-8H2,1-2H3,(H,16,17)(H,18,19). The fourth-order valence-corrected chi connectivity index (χ4v) is 2.36. The number of benzene rings is 1. The largest absolute Gasteiger partial charge is 0.480 e. The Kier molecular flexibility index (Phi) is 2.49. The van der Waals surface area contributed by atoms with E-state index in [0.29, 0.717) is 18.7 Å². The fourth-order valence-electron chi connectivity index (χ4n) is 2.36. The van der Waals surface area contributed by atoms with Crippen LogP contribution in [-0.4, -0.2) is 21.0 Å². The second-order valence-electron chi connectivity index (χ2n) is 5.31. The Morgan fingerprint density at radius 1 is 1.26 bits per heavy atom. The van der Waals surface area contributed by atoms with Crippen molar-refractivity contribution in [2.24, 2.45) is 0 Å². The van der Waals surface area contributed by atoms with Crippen LogP contribution in [0, 0.1) is 13.8 Å². The third-order valence-corrected chi connectivity index (χ3v) is 3.82. The van der Waals surface area contributed by atoms with Crippen molar-refractivity contribution in [2.75, 3.05) is 0 Å². The SMILES string of the molecule is Cc1ccc(-c2nc(C3(C(=O)O)CC3)[nH]c2C)cc1. The average molecular weight is 256 g/mol. The molecular weight excluding hydrogens is 240 g/mol. The molecule has 1 aromatic heterocycles. The van der Waals surface area contributed by atoms with Gasteiger partial charge in [-0.25, -0.2) is 4.98 Å². The zero-order valence-corrected chi connectivity index (χ0v) is 11.0. The number of nitrogens with zero attached hydrogens (tertiary/aromatic N) is 1. The summed E-state index contributed by atoms with van der Waals surface area (Å²) in [5, 5.41) is 9.30. The summed E-state index contributed by atoms with van der Waals surface area (Å²) in [5.74, 6) is -0.190. The van der Waals surface area contributed by atoms with E-state index in [9.17, 15) is 9.90 Å². The lowest BCUT2D eigenvalue weighted by Gasteiger charge is -2.04. The van der Waals surface area contributed by atoms with Crippen molar-refractivity contribution in [1.29, 1.82) is 0 Å². The van der Waals surface area contributed by atoms with Crippen LogP contribution < -0.4 is 0 Å². The number of carboxylic acids is 1. The Labute approximate surface area is 111 Å². The number of rotatable bonds is 3. The number of hydrogen-bond donors (Lipinski definition) is 2. The summed E-state index contributed by atoms with van der Waals surface area (Å²) < 4.78 is 0. The van der Waals surface area contributed by atoms with Crippen LogP contribution in [0.1, 0.15) is 29.9 Å². The fraction of sp³-hybridized carbons (Fsp3) is 0.333. The van der Waals surface area contributed by atoms with Crippen LogP contribution in [0.25, 0.3) is 11.3 Å². The van der Waals surface area contributed by atoms with Gasteiger partial charge >= 0.3 is 5.97 Å². The van der Waals surface area contributed by atoms with Crippen LogP contribution in [0.4, 0.5) is 0 Å². The third kappa shape index (κ3) is 1.84. The predicted octanol–water partition coefficient (Wildman–Crippen LogP) is 2.81. The van der Waals surface area contributed by atoms with E-state index < -0.39 is 11.4 Å². The summed E-state index contributed by atoms with van der Waals surface area (Å²) in [4.78, 5) is 19.0. The van der Waals surface area contributed by atoms with Crippen molar-refractivity contribution in [3.63, 3.8) is 0 Å². The zero-order valence-electron chi connectivity index (χ0n) is 11.0. The van der Waals surface area contributed by atoms with E-state index in [1.54, 1.807) is 0 Å². The van der Waals surface area contributed by atoms with Crippen molar-refractivity contribution >= 4 is 5.97 Å². The number of nitrogens with one attached hydrogen (secondary N) is 1. The first-order valence-electron chi connectivity index (χ1n) is 6.40. The van der Waals surface area contributed by atoms with E-state index in [1.165, 1.54) is 5.56 Å². The van der Waals surface area contributed by atoms with Crippen LogP contribution >= 0.6 is 0 Å². The Balaban J connectivity index is 2.03. The minimum atomic E-state index is -0.781. The molecule has 1 aliphatic carbocycles. The molecule has 4 nitrogen and oxygen atoms in total. The first-order chi connectivity index (χ1) is 9.03. The summed E-state index contributed by atoms with van der Waals surface area (Å²) in [5.41, 5.74) is 3.22. The molecule has 1 fully saturated rings. The lowest BCUT2D eigenvalue weighted by molar-refractivity contribution is -0.140. The number of aromatic nitrogens is 2. The molecule has 0 radical (unpaired) electrons. The molecule has 0 spiro atoms. The van der Waals surface area contributed by atoms with Gasteiger partial charge in [-0.3, -0.25) is 4.79 Å². The molecule has 4 heteroatoms. The van der Waals surface area contributed by atoms with Gasteiger partial charge in [0.25, 0.3) is 0 Å². The maximum absolute atomic E-state index is 11.3. The van der Waals surface area contributed by atoms with Gasteiger partial charge in [-0.1, -0.05) is 29.8 Å². The van der Waals surface area contributed by atoms with Crippen molar-refractivity contribution in [3.05, 3.63) is 41.3 Å². The smallest absolute Gasteiger partial charge is 0.317 e. The molecule has 1 aromatic carbocycles. The molecule has 0 atom stereocenters. The maximum atomic E-state index is 11.3. The summed E-state index contributed by atoms with van der Waals surface area (Å²) in [7, 11) is 0. The van der Waals surface area contributed by atoms with Gasteiger partial charge in [0.2, 0.25) is 0 Å². The van der Waals surface area contributed by atoms with E-state index in [2.05, 4.69) is 9.97 Å². The molecule has 3 rings (SSSR count). The van der Waals surface area contributed by atoms with Crippen molar-refractivity contribution in [1.82, 2.24) is 9.97 Å². The number of carbonyl (C=O) groups is 1. The molecule has 2 aromatic rings. The number of aliphatic carboxylic acids is 1. The summed E-state index contributed by atoms with van der Waals surface area (Å²) >= 11 is 0. The normalized spacial score (nSPS) is 16.3. The minimum absolute atomic E-state index is 0.591. The second-order valence-corrected chi connectivity index (χ2v) is 5.31. The van der Waals surface area contributed by atoms with E-state index >= 15 is 0 Å². The number of imidazole rings is 1. The Bertz CT molecular complexity index is 637. The van der Waals surface area contributed by atoms with Crippen LogP contribution in [0.3, 0.4) is 0 Å². The molecule has 1 heterocycles. The van der Waals surface area contributed by atoms with E-state index in [1.807, 2.05) is 38.1 Å². The van der Waals surface area contributed by atoms with E-state index in [4.69, 9.17) is 0 Å². The van der Waals surface area contributed by atoms with Gasteiger partial charge in [-0.2, -0.15) is 0 Å². The molecule has 1 aliphatic rings. The topological polar surface area (TPSA) is 66.0 Å². The lowest BCUT2D eigenvalue weighted by Crippen LogP contribution is -2.21. The predicted molar refractivity (Wildman–Crippen MR) is 72.0 cm³/mol. The molecular formula is C15H16N2O2. The molecule has 2 N–H and O–H groups in total. The van der Waals surface area contributed by atoms with Crippen molar-refractivity contribution in [3.8, 4) is 11.3 Å². The van der Waals surface area contributed by atoms with E-state index in [0.717, 1.165) is 17.0 Å². The summed E-state index contributed by atoms with van der Waals surface area (Å²) in [6, 6.07) is 8.10. The monoisotopic (exact) mass is 256 g/mol. The van der Waals surface area contributed by atoms with Crippen molar-refractivity contribution in [2.45, 2.75) is 32.1 Å².